The Bertz CT molecular complexity index is 178. The molecule has 0 aliphatic rings. The molecule has 3 heteroatoms. The zero-order chi connectivity index (χ0) is 7.23. The molecule has 0 unspecified atom stereocenters. The predicted octanol–water partition coefficient (Wildman–Crippen LogP) is 1.70. The molecule has 0 saturated carbocycles. The molecule has 0 bridgehead atoms. The Morgan fingerprint density at radius 1 is 1.50 bits per heavy atom. The van der Waals surface area contributed by atoms with E-state index in [2.05, 4.69) is 4.98 Å². The number of alkyl halides is 1. The molecule has 1 rings (SSSR count). The lowest BCUT2D eigenvalue weighted by Crippen LogP contribution is -1.98. The van der Waals surface area contributed by atoms with E-state index in [1.165, 1.54) is 0 Å². The standard InChI is InChI=1S/C7H8ClNO/c8-4-6-10-7-3-1-2-5-9-7/h1-3,5H,4,6H2. The molecule has 0 aliphatic heterocycles. The van der Waals surface area contributed by atoms with Crippen molar-refractivity contribution in [2.45, 2.75) is 0 Å². The van der Waals surface area contributed by atoms with Crippen molar-refractivity contribution in [1.82, 2.24) is 4.98 Å². The third-order valence-electron chi connectivity index (χ3n) is 0.965. The molecule has 0 atom stereocenters. The molecule has 2 nitrogen and oxygen atoms in total. The van der Waals surface area contributed by atoms with Crippen LogP contribution < -0.4 is 4.74 Å². The van der Waals surface area contributed by atoms with Crippen molar-refractivity contribution in [2.24, 2.45) is 0 Å². The first-order valence-electron chi connectivity index (χ1n) is 3.03. The van der Waals surface area contributed by atoms with Gasteiger partial charge >= 0.3 is 0 Å². The van der Waals surface area contributed by atoms with Crippen molar-refractivity contribution in [3.63, 3.8) is 0 Å². The number of aromatic nitrogens is 1. The topological polar surface area (TPSA) is 22.1 Å². The maximum absolute atomic E-state index is 5.40. The second-order valence-electron chi connectivity index (χ2n) is 1.71. The minimum Gasteiger partial charge on any atom is -0.476 e. The number of ether oxygens (including phenoxy) is 1. The van der Waals surface area contributed by atoms with Crippen molar-refractivity contribution in [1.29, 1.82) is 0 Å². The average Bonchev–Trinajstić information content (AvgIpc) is 2.03. The van der Waals surface area contributed by atoms with Gasteiger partial charge in [0, 0.05) is 12.3 Å². The molecular weight excluding hydrogens is 150 g/mol. The molecule has 0 aliphatic carbocycles. The zero-order valence-corrected chi connectivity index (χ0v) is 6.21. The van der Waals surface area contributed by atoms with E-state index in [0.29, 0.717) is 18.4 Å². The van der Waals surface area contributed by atoms with Crippen molar-refractivity contribution in [3.05, 3.63) is 24.4 Å². The van der Waals surface area contributed by atoms with Gasteiger partial charge in [0.2, 0.25) is 5.88 Å². The third kappa shape index (κ3) is 2.23. The quantitative estimate of drug-likeness (QED) is 0.624. The number of hydrogen-bond donors (Lipinski definition) is 0. The molecule has 54 valence electrons. The summed E-state index contributed by atoms with van der Waals surface area (Å²) in [5, 5.41) is 0. The summed E-state index contributed by atoms with van der Waals surface area (Å²) in [6.07, 6.45) is 1.68. The molecule has 0 aromatic carbocycles. The van der Waals surface area contributed by atoms with E-state index >= 15 is 0 Å². The summed E-state index contributed by atoms with van der Waals surface area (Å²) in [6, 6.07) is 5.51. The SMILES string of the molecule is ClCCOc1ccccn1. The number of hydrogen-bond acceptors (Lipinski definition) is 2. The van der Waals surface area contributed by atoms with Crippen LogP contribution in [0.1, 0.15) is 0 Å². The van der Waals surface area contributed by atoms with Gasteiger partial charge in [0.1, 0.15) is 6.61 Å². The normalized spacial score (nSPS) is 9.30. The number of pyridine rings is 1. The molecular formula is C7H8ClNO. The first-order valence-corrected chi connectivity index (χ1v) is 3.57. The monoisotopic (exact) mass is 157 g/mol. The van der Waals surface area contributed by atoms with Crippen molar-refractivity contribution in [2.75, 3.05) is 12.5 Å². The smallest absolute Gasteiger partial charge is 0.213 e. The summed E-state index contributed by atoms with van der Waals surface area (Å²) >= 11 is 5.40. The fourth-order valence-corrected chi connectivity index (χ4v) is 0.653. The first kappa shape index (κ1) is 7.35. The highest BCUT2D eigenvalue weighted by molar-refractivity contribution is 6.17. The molecule has 10 heavy (non-hydrogen) atoms. The Morgan fingerprint density at radius 3 is 3.00 bits per heavy atom. The Morgan fingerprint density at radius 2 is 2.40 bits per heavy atom. The lowest BCUT2D eigenvalue weighted by Gasteiger charge is -1.99. The minimum atomic E-state index is 0.497. The van der Waals surface area contributed by atoms with E-state index in [-0.39, 0.29) is 0 Å². The minimum absolute atomic E-state index is 0.497. The van der Waals surface area contributed by atoms with Gasteiger partial charge in [0.05, 0.1) is 5.88 Å². The van der Waals surface area contributed by atoms with Crippen LogP contribution in [0.3, 0.4) is 0 Å². The fourth-order valence-electron chi connectivity index (χ4n) is 0.576. The van der Waals surface area contributed by atoms with Crippen LogP contribution in [0.25, 0.3) is 0 Å². The van der Waals surface area contributed by atoms with Gasteiger partial charge in [-0.2, -0.15) is 0 Å². The van der Waals surface area contributed by atoms with Gasteiger partial charge < -0.3 is 4.74 Å². The van der Waals surface area contributed by atoms with Crippen LogP contribution in [0.4, 0.5) is 0 Å². The molecule has 0 N–H and O–H groups in total. The van der Waals surface area contributed by atoms with Gasteiger partial charge in [0.25, 0.3) is 0 Å². The average molecular weight is 158 g/mol. The highest BCUT2D eigenvalue weighted by Crippen LogP contribution is 2.02. The van der Waals surface area contributed by atoms with Gasteiger partial charge in [-0.1, -0.05) is 6.07 Å². The molecule has 0 saturated heterocycles. The van der Waals surface area contributed by atoms with E-state index < -0.39 is 0 Å². The van der Waals surface area contributed by atoms with Crippen LogP contribution in [0.15, 0.2) is 24.4 Å². The van der Waals surface area contributed by atoms with Crippen LogP contribution in [0.2, 0.25) is 0 Å². The summed E-state index contributed by atoms with van der Waals surface area (Å²) in [5.74, 6) is 1.12. The number of rotatable bonds is 3. The largest absolute Gasteiger partial charge is 0.476 e. The Kier molecular flexibility index (Phi) is 3.03. The van der Waals surface area contributed by atoms with Crippen molar-refractivity contribution >= 4 is 11.6 Å². The van der Waals surface area contributed by atoms with Gasteiger partial charge in [0.15, 0.2) is 0 Å². The summed E-state index contributed by atoms with van der Waals surface area (Å²) < 4.78 is 5.11. The Labute approximate surface area is 64.8 Å². The lowest BCUT2D eigenvalue weighted by molar-refractivity contribution is 0.329. The highest BCUT2D eigenvalue weighted by atomic mass is 35.5. The molecule has 1 aromatic rings. The van der Waals surface area contributed by atoms with Crippen LogP contribution >= 0.6 is 11.6 Å². The summed E-state index contributed by atoms with van der Waals surface area (Å²) in [4.78, 5) is 3.94. The molecule has 0 radical (unpaired) electrons. The second-order valence-corrected chi connectivity index (χ2v) is 2.08. The van der Waals surface area contributed by atoms with Crippen LogP contribution in [-0.2, 0) is 0 Å². The molecule has 1 heterocycles. The molecule has 0 amide bonds. The van der Waals surface area contributed by atoms with Gasteiger partial charge in [-0.25, -0.2) is 4.98 Å². The summed E-state index contributed by atoms with van der Waals surface area (Å²) in [6.45, 7) is 0.512. The zero-order valence-electron chi connectivity index (χ0n) is 5.46. The second kappa shape index (κ2) is 4.12. The molecule has 0 fully saturated rings. The van der Waals surface area contributed by atoms with E-state index in [4.69, 9.17) is 16.3 Å². The van der Waals surface area contributed by atoms with Gasteiger partial charge in [-0.3, -0.25) is 0 Å². The fraction of sp³-hybridized carbons (Fsp3) is 0.286. The summed E-state index contributed by atoms with van der Waals surface area (Å²) in [5.41, 5.74) is 0. The maximum atomic E-state index is 5.40. The van der Waals surface area contributed by atoms with Crippen molar-refractivity contribution in [3.8, 4) is 5.88 Å². The van der Waals surface area contributed by atoms with E-state index in [1.54, 1.807) is 12.3 Å². The predicted molar refractivity (Wildman–Crippen MR) is 40.5 cm³/mol. The molecule has 0 spiro atoms. The highest BCUT2D eigenvalue weighted by Gasteiger charge is 1.88. The van der Waals surface area contributed by atoms with Gasteiger partial charge in [-0.05, 0) is 6.07 Å². The number of halogens is 1. The van der Waals surface area contributed by atoms with Crippen molar-refractivity contribution < 1.29 is 4.74 Å². The Balaban J connectivity index is 2.43. The number of nitrogens with zero attached hydrogens (tertiary/aromatic N) is 1. The van der Waals surface area contributed by atoms with Crippen LogP contribution in [-0.4, -0.2) is 17.5 Å². The third-order valence-corrected chi connectivity index (χ3v) is 1.12. The molecule has 1 aromatic heterocycles. The van der Waals surface area contributed by atoms with E-state index in [0.717, 1.165) is 0 Å². The van der Waals surface area contributed by atoms with Crippen LogP contribution in [0.5, 0.6) is 5.88 Å². The summed E-state index contributed by atoms with van der Waals surface area (Å²) in [7, 11) is 0. The van der Waals surface area contributed by atoms with E-state index in [1.807, 2.05) is 12.1 Å². The Hall–Kier alpha value is -0.760. The van der Waals surface area contributed by atoms with E-state index in [9.17, 15) is 0 Å². The van der Waals surface area contributed by atoms with Gasteiger partial charge in [-0.15, -0.1) is 11.6 Å². The first-order chi connectivity index (χ1) is 4.93. The lowest BCUT2D eigenvalue weighted by atomic mass is 10.5. The maximum Gasteiger partial charge on any atom is 0.213 e. The van der Waals surface area contributed by atoms with Crippen LogP contribution in [0, 0.1) is 0 Å².